The van der Waals surface area contributed by atoms with Crippen LogP contribution in [0.3, 0.4) is 0 Å². The summed E-state index contributed by atoms with van der Waals surface area (Å²) >= 11 is 0. The second-order valence-electron chi connectivity index (χ2n) is 3.96. The molecule has 0 heterocycles. The fourth-order valence-corrected chi connectivity index (χ4v) is 0.925. The number of rotatable bonds is 6. The molecule has 0 aliphatic rings. The van der Waals surface area contributed by atoms with E-state index in [4.69, 9.17) is 15.3 Å². The van der Waals surface area contributed by atoms with Crippen molar-refractivity contribution in [3.8, 4) is 0 Å². The van der Waals surface area contributed by atoms with Crippen LogP contribution in [0.1, 0.15) is 13.8 Å². The molecule has 0 saturated carbocycles. The van der Waals surface area contributed by atoms with Crippen LogP contribution >= 0.6 is 0 Å². The molecule has 4 atom stereocenters. The summed E-state index contributed by atoms with van der Waals surface area (Å²) in [6.07, 6.45) is -5.09. The van der Waals surface area contributed by atoms with Crippen LogP contribution in [-0.4, -0.2) is 67.9 Å². The van der Waals surface area contributed by atoms with Crippen molar-refractivity contribution < 1.29 is 35.1 Å². The average molecular weight is 251 g/mol. The molecule has 0 radical (unpaired) electrons. The number of carboxylic acid groups (broad SMARTS) is 1. The van der Waals surface area contributed by atoms with Gasteiger partial charge in [-0.3, -0.25) is 4.79 Å². The second-order valence-corrected chi connectivity index (χ2v) is 3.96. The first-order chi connectivity index (χ1) is 7.65. The van der Waals surface area contributed by atoms with Crippen molar-refractivity contribution in [1.29, 1.82) is 0 Å². The van der Waals surface area contributed by atoms with E-state index < -0.39 is 42.3 Å². The van der Waals surface area contributed by atoms with Gasteiger partial charge < -0.3 is 30.8 Å². The van der Waals surface area contributed by atoms with Crippen LogP contribution in [-0.2, 0) is 9.59 Å². The maximum atomic E-state index is 11.4. The maximum Gasteiger partial charge on any atom is 0.331 e. The second kappa shape index (κ2) is 5.92. The largest absolute Gasteiger partial charge is 0.479 e. The highest BCUT2D eigenvalue weighted by Crippen LogP contribution is 2.06. The number of aliphatic hydroxyl groups is 4. The Balaban J connectivity index is 4.69. The Bertz CT molecular complexity index is 293. The zero-order valence-corrected chi connectivity index (χ0v) is 9.49. The number of hydrogen-bond acceptors (Lipinski definition) is 6. The van der Waals surface area contributed by atoms with Crippen LogP contribution < -0.4 is 5.32 Å². The molecule has 0 saturated heterocycles. The lowest BCUT2D eigenvalue weighted by molar-refractivity contribution is -0.153. The molecule has 8 nitrogen and oxygen atoms in total. The van der Waals surface area contributed by atoms with E-state index in [2.05, 4.69) is 0 Å². The van der Waals surface area contributed by atoms with E-state index in [1.54, 1.807) is 0 Å². The number of aliphatic carboxylic acids is 1. The summed E-state index contributed by atoms with van der Waals surface area (Å²) in [6.45, 7) is 1.31. The molecule has 100 valence electrons. The molecule has 17 heavy (non-hydrogen) atoms. The Morgan fingerprint density at radius 1 is 1.29 bits per heavy atom. The van der Waals surface area contributed by atoms with Crippen LogP contribution in [0.25, 0.3) is 0 Å². The van der Waals surface area contributed by atoms with E-state index >= 15 is 0 Å². The van der Waals surface area contributed by atoms with Gasteiger partial charge in [-0.1, -0.05) is 0 Å². The van der Waals surface area contributed by atoms with Crippen LogP contribution in [0.5, 0.6) is 0 Å². The highest BCUT2D eigenvalue weighted by atomic mass is 16.4. The van der Waals surface area contributed by atoms with Crippen LogP contribution in [0.15, 0.2) is 0 Å². The van der Waals surface area contributed by atoms with Gasteiger partial charge in [0.1, 0.15) is 6.10 Å². The van der Waals surface area contributed by atoms with Crippen LogP contribution in [0.2, 0.25) is 0 Å². The number of amides is 1. The van der Waals surface area contributed by atoms with Crippen molar-refractivity contribution in [2.75, 3.05) is 6.61 Å². The minimum absolute atomic E-state index is 0.883. The monoisotopic (exact) mass is 251 g/mol. The third kappa shape index (κ3) is 3.93. The molecule has 6 N–H and O–H groups in total. The average Bonchev–Trinajstić information content (AvgIpc) is 2.26. The molecular formula is C9H17NO7. The summed E-state index contributed by atoms with van der Waals surface area (Å²) in [6, 6.07) is 0. The zero-order chi connectivity index (χ0) is 13.8. The number of carbonyl (C=O) groups excluding carboxylic acids is 1. The third-order valence-electron chi connectivity index (χ3n) is 2.27. The summed E-state index contributed by atoms with van der Waals surface area (Å²) in [7, 11) is 0. The smallest absolute Gasteiger partial charge is 0.331 e. The Morgan fingerprint density at radius 2 is 1.76 bits per heavy atom. The normalized spacial score (nSPS) is 19.9. The van der Waals surface area contributed by atoms with E-state index in [0.717, 1.165) is 13.8 Å². The third-order valence-corrected chi connectivity index (χ3v) is 2.27. The van der Waals surface area contributed by atoms with Gasteiger partial charge in [0.05, 0.1) is 12.7 Å². The quantitative estimate of drug-likeness (QED) is 0.295. The minimum Gasteiger partial charge on any atom is -0.479 e. The highest BCUT2D eigenvalue weighted by Gasteiger charge is 2.38. The van der Waals surface area contributed by atoms with Gasteiger partial charge in [0.25, 0.3) is 5.91 Å². The first-order valence-electron chi connectivity index (χ1n) is 4.86. The van der Waals surface area contributed by atoms with E-state index in [0.29, 0.717) is 0 Å². The van der Waals surface area contributed by atoms with Gasteiger partial charge in [-0.05, 0) is 13.8 Å². The zero-order valence-electron chi connectivity index (χ0n) is 9.49. The maximum absolute atomic E-state index is 11.4. The molecule has 0 spiro atoms. The molecule has 0 aliphatic carbocycles. The topological polar surface area (TPSA) is 147 Å². The van der Waals surface area contributed by atoms with E-state index in [1.165, 1.54) is 0 Å². The van der Waals surface area contributed by atoms with Crippen LogP contribution in [0, 0.1) is 0 Å². The molecule has 0 aromatic carbocycles. The summed E-state index contributed by atoms with van der Waals surface area (Å²) in [4.78, 5) is 22.1. The SMILES string of the molecule is C[C@@H](O)[C@H](O)[C@@H](O)C(=O)N[C@@](C)(CO)C(=O)O. The Kier molecular flexibility index (Phi) is 5.49. The predicted octanol–water partition coefficient (Wildman–Crippen LogP) is -2.96. The lowest BCUT2D eigenvalue weighted by Crippen LogP contribution is -2.59. The van der Waals surface area contributed by atoms with Crippen molar-refractivity contribution >= 4 is 11.9 Å². The van der Waals surface area contributed by atoms with Crippen LogP contribution in [0.4, 0.5) is 0 Å². The fourth-order valence-electron chi connectivity index (χ4n) is 0.925. The van der Waals surface area contributed by atoms with E-state index in [1.807, 2.05) is 5.32 Å². The predicted molar refractivity (Wildman–Crippen MR) is 55.0 cm³/mol. The first kappa shape index (κ1) is 15.8. The molecular weight excluding hydrogens is 234 g/mol. The minimum atomic E-state index is -1.99. The Labute approximate surface area is 97.5 Å². The van der Waals surface area contributed by atoms with Gasteiger partial charge in [0.15, 0.2) is 11.6 Å². The number of hydrogen-bond donors (Lipinski definition) is 6. The van der Waals surface area contributed by atoms with E-state index in [9.17, 15) is 19.8 Å². The van der Waals surface area contributed by atoms with Crippen molar-refractivity contribution in [3.05, 3.63) is 0 Å². The van der Waals surface area contributed by atoms with Crippen molar-refractivity contribution in [2.45, 2.75) is 37.7 Å². The lowest BCUT2D eigenvalue weighted by atomic mass is 10.0. The Hall–Kier alpha value is -1.22. The molecule has 0 unspecified atom stereocenters. The molecule has 0 aliphatic heterocycles. The highest BCUT2D eigenvalue weighted by molar-refractivity contribution is 5.89. The van der Waals surface area contributed by atoms with Crippen molar-refractivity contribution in [2.24, 2.45) is 0 Å². The van der Waals surface area contributed by atoms with Crippen molar-refractivity contribution in [3.63, 3.8) is 0 Å². The summed E-state index contributed by atoms with van der Waals surface area (Å²) in [5.41, 5.74) is -1.96. The molecule has 0 fully saturated rings. The van der Waals surface area contributed by atoms with Gasteiger partial charge >= 0.3 is 5.97 Å². The molecule has 0 bridgehead atoms. The molecule has 0 rings (SSSR count). The summed E-state index contributed by atoms with van der Waals surface area (Å²) in [5, 5.41) is 46.9. The first-order valence-corrected chi connectivity index (χ1v) is 4.86. The standard InChI is InChI=1S/C9H17NO7/c1-4(12)5(13)6(14)7(15)10-9(2,3-11)8(16)17/h4-6,11-14H,3H2,1-2H3,(H,10,15)(H,16,17)/t4-,5+,6-,9+/m1/s1. The molecule has 8 heteroatoms. The number of carbonyl (C=O) groups is 2. The number of aliphatic hydroxyl groups excluding tert-OH is 4. The summed E-state index contributed by atoms with van der Waals surface area (Å²) < 4.78 is 0. The Morgan fingerprint density at radius 3 is 2.06 bits per heavy atom. The number of carboxylic acids is 1. The van der Waals surface area contributed by atoms with Gasteiger partial charge in [0, 0.05) is 0 Å². The van der Waals surface area contributed by atoms with Gasteiger partial charge in [-0.2, -0.15) is 0 Å². The molecule has 1 amide bonds. The number of nitrogens with one attached hydrogen (secondary N) is 1. The van der Waals surface area contributed by atoms with Gasteiger partial charge in [-0.15, -0.1) is 0 Å². The summed E-state index contributed by atoms with van der Waals surface area (Å²) in [5.74, 6) is -2.69. The van der Waals surface area contributed by atoms with Crippen molar-refractivity contribution in [1.82, 2.24) is 5.32 Å². The fraction of sp³-hybridized carbons (Fsp3) is 0.778. The van der Waals surface area contributed by atoms with Gasteiger partial charge in [-0.25, -0.2) is 4.79 Å². The van der Waals surface area contributed by atoms with E-state index in [-0.39, 0.29) is 0 Å². The van der Waals surface area contributed by atoms with Gasteiger partial charge in [0.2, 0.25) is 0 Å². The molecule has 0 aromatic heterocycles. The molecule has 0 aromatic rings. The lowest BCUT2D eigenvalue weighted by Gasteiger charge is -2.27.